The van der Waals surface area contributed by atoms with Crippen LogP contribution in [0.5, 0.6) is 0 Å². The Hall–Kier alpha value is -0.765. The smallest absolute Gasteiger partial charge is 0.308 e. The van der Waals surface area contributed by atoms with Crippen LogP contribution < -0.4 is 5.46 Å². The van der Waals surface area contributed by atoms with Gasteiger partial charge >= 0.3 is 7.48 Å². The minimum Gasteiger partial charge on any atom is -0.449 e. The van der Waals surface area contributed by atoms with Gasteiger partial charge < -0.3 is 5.02 Å². The number of aryl methyl sites for hydroxylation is 1. The van der Waals surface area contributed by atoms with Crippen molar-refractivity contribution < 1.29 is 5.02 Å². The zero-order chi connectivity index (χ0) is 6.85. The van der Waals surface area contributed by atoms with E-state index < -0.39 is 0 Å². The minimum atomic E-state index is 0.0830. The molecular weight excluding hydrogens is 115 g/mol. The molecule has 0 saturated heterocycles. The Balaban J connectivity index is 3.04. The summed E-state index contributed by atoms with van der Waals surface area (Å²) in [6.07, 6.45) is 1.68. The van der Waals surface area contributed by atoms with Gasteiger partial charge in [0.25, 0.3) is 0 Å². The maximum absolute atomic E-state index is 8.68. The summed E-state index contributed by atoms with van der Waals surface area (Å²) in [5.41, 5.74) is 1.93. The molecule has 0 unspecified atom stereocenters. The van der Waals surface area contributed by atoms with Gasteiger partial charge in [0.15, 0.2) is 0 Å². The van der Waals surface area contributed by atoms with E-state index in [9.17, 15) is 0 Å². The quantitative estimate of drug-likeness (QED) is 0.472. The Kier molecular flexibility index (Phi) is 1.57. The molecule has 0 atom stereocenters. The van der Waals surface area contributed by atoms with E-state index in [0.29, 0.717) is 0 Å². The average molecular weight is 124 g/mol. The van der Waals surface area contributed by atoms with Crippen LogP contribution in [0.1, 0.15) is 5.69 Å². The van der Waals surface area contributed by atoms with Gasteiger partial charge in [-0.1, -0.05) is 0 Å². The van der Waals surface area contributed by atoms with Crippen molar-refractivity contribution in [3.63, 3.8) is 0 Å². The van der Waals surface area contributed by atoms with Crippen LogP contribution in [0.3, 0.4) is 0 Å². The minimum absolute atomic E-state index is 0.0830. The number of nitrogens with zero attached hydrogens (tertiary/aromatic N) is 2. The molecule has 1 aromatic rings. The molecule has 0 spiro atoms. The normalized spacial score (nSPS) is 9.67. The van der Waals surface area contributed by atoms with Gasteiger partial charge in [-0.05, 0) is 12.4 Å². The lowest BCUT2D eigenvalue weighted by molar-refractivity contribution is 0.615. The fourth-order valence-electron chi connectivity index (χ4n) is 0.699. The second kappa shape index (κ2) is 2.23. The van der Waals surface area contributed by atoms with Crippen molar-refractivity contribution in [2.75, 3.05) is 0 Å². The first-order chi connectivity index (χ1) is 4.25. The molecule has 0 radical (unpaired) electrons. The van der Waals surface area contributed by atoms with E-state index >= 15 is 0 Å². The molecule has 0 aliphatic rings. The predicted octanol–water partition coefficient (Wildman–Crippen LogP) is -1.30. The van der Waals surface area contributed by atoms with Crippen molar-refractivity contribution in [1.29, 1.82) is 0 Å². The summed E-state index contributed by atoms with van der Waals surface area (Å²) in [5.74, 6) is 0. The van der Waals surface area contributed by atoms with Gasteiger partial charge in [-0.3, -0.25) is 4.68 Å². The maximum atomic E-state index is 8.68. The zero-order valence-electron chi connectivity index (χ0n) is 5.63. The Labute approximate surface area is 54.6 Å². The van der Waals surface area contributed by atoms with Crippen molar-refractivity contribution in [1.82, 2.24) is 9.78 Å². The number of aromatic nitrogens is 2. The maximum Gasteiger partial charge on any atom is 0.308 e. The highest BCUT2D eigenvalue weighted by atomic mass is 16.2. The van der Waals surface area contributed by atoms with Crippen LogP contribution in [0.4, 0.5) is 0 Å². The highest BCUT2D eigenvalue weighted by Crippen LogP contribution is 1.86. The monoisotopic (exact) mass is 124 g/mol. The average Bonchev–Trinajstić information content (AvgIpc) is 2.15. The van der Waals surface area contributed by atoms with E-state index in [1.54, 1.807) is 10.9 Å². The Morgan fingerprint density at radius 1 is 1.78 bits per heavy atom. The van der Waals surface area contributed by atoms with Crippen molar-refractivity contribution in [2.24, 2.45) is 7.05 Å². The highest BCUT2D eigenvalue weighted by Gasteiger charge is 2.01. The highest BCUT2D eigenvalue weighted by molar-refractivity contribution is 6.45. The zero-order valence-corrected chi connectivity index (χ0v) is 5.63. The summed E-state index contributed by atoms with van der Waals surface area (Å²) in [7, 11) is 1.94. The fourth-order valence-corrected chi connectivity index (χ4v) is 0.699. The summed E-state index contributed by atoms with van der Waals surface area (Å²) >= 11 is 0. The molecular formula is C5H9BN2O. The van der Waals surface area contributed by atoms with Gasteiger partial charge in [-0.15, -0.1) is 0 Å². The first kappa shape index (κ1) is 6.36. The molecule has 0 aliphatic heterocycles. The molecule has 1 rings (SSSR count). The number of hydrogen-bond donors (Lipinski definition) is 1. The van der Waals surface area contributed by atoms with Gasteiger partial charge in [0.1, 0.15) is 0 Å². The molecule has 1 N–H and O–H groups in total. The molecule has 0 aromatic carbocycles. The molecule has 0 amide bonds. The molecule has 1 aromatic heterocycles. The lowest BCUT2D eigenvalue weighted by Crippen LogP contribution is -2.15. The largest absolute Gasteiger partial charge is 0.449 e. The second-order valence-corrected chi connectivity index (χ2v) is 2.04. The molecule has 0 aliphatic carbocycles. The van der Waals surface area contributed by atoms with Gasteiger partial charge in [0, 0.05) is 18.9 Å². The SMILES string of the molecule is Cc1c(BO)cnn1C. The molecule has 1 heterocycles. The van der Waals surface area contributed by atoms with Gasteiger partial charge in [0.05, 0.1) is 0 Å². The first-order valence-corrected chi connectivity index (χ1v) is 2.84. The predicted molar refractivity (Wildman–Crippen MR) is 36.9 cm³/mol. The second-order valence-electron chi connectivity index (χ2n) is 2.04. The fraction of sp³-hybridized carbons (Fsp3) is 0.400. The molecule has 48 valence electrons. The van der Waals surface area contributed by atoms with E-state index in [4.69, 9.17) is 5.02 Å². The van der Waals surface area contributed by atoms with Crippen molar-refractivity contribution in [3.05, 3.63) is 11.9 Å². The van der Waals surface area contributed by atoms with Crippen LogP contribution in [0.2, 0.25) is 0 Å². The summed E-state index contributed by atoms with van der Waals surface area (Å²) in [6.45, 7) is 1.93. The van der Waals surface area contributed by atoms with Crippen molar-refractivity contribution in [2.45, 2.75) is 6.92 Å². The molecule has 9 heavy (non-hydrogen) atoms. The summed E-state index contributed by atoms with van der Waals surface area (Å²) in [6, 6.07) is 0. The standard InChI is InChI=1S/C5H9BN2O/c1-4-5(6-9)3-7-8(4)2/h3,6,9H,1-2H3. The Morgan fingerprint density at radius 2 is 2.44 bits per heavy atom. The lowest BCUT2D eigenvalue weighted by atomic mass is 9.90. The van der Waals surface area contributed by atoms with Gasteiger partial charge in [0.2, 0.25) is 0 Å². The third kappa shape index (κ3) is 0.978. The van der Waals surface area contributed by atoms with E-state index in [2.05, 4.69) is 5.10 Å². The van der Waals surface area contributed by atoms with Crippen molar-refractivity contribution >= 4 is 12.9 Å². The number of hydrogen-bond acceptors (Lipinski definition) is 2. The van der Waals surface area contributed by atoms with Gasteiger partial charge in [-0.2, -0.15) is 5.10 Å². The van der Waals surface area contributed by atoms with Crippen LogP contribution in [0.25, 0.3) is 0 Å². The van der Waals surface area contributed by atoms with Gasteiger partial charge in [-0.25, -0.2) is 0 Å². The van der Waals surface area contributed by atoms with Crippen LogP contribution in [-0.4, -0.2) is 22.3 Å². The number of rotatable bonds is 1. The third-order valence-corrected chi connectivity index (χ3v) is 1.51. The Bertz CT molecular complexity index is 209. The van der Waals surface area contributed by atoms with Crippen LogP contribution >= 0.6 is 0 Å². The summed E-state index contributed by atoms with van der Waals surface area (Å²) in [5, 5.41) is 12.6. The molecule has 3 nitrogen and oxygen atoms in total. The molecule has 0 bridgehead atoms. The topological polar surface area (TPSA) is 38.1 Å². The summed E-state index contributed by atoms with van der Waals surface area (Å²) < 4.78 is 1.74. The van der Waals surface area contributed by atoms with Crippen LogP contribution in [0.15, 0.2) is 6.20 Å². The van der Waals surface area contributed by atoms with E-state index in [1.807, 2.05) is 14.0 Å². The molecule has 4 heteroatoms. The van der Waals surface area contributed by atoms with Crippen LogP contribution in [-0.2, 0) is 7.05 Å². The lowest BCUT2D eigenvalue weighted by Gasteiger charge is -1.92. The van der Waals surface area contributed by atoms with E-state index in [1.165, 1.54) is 0 Å². The summed E-state index contributed by atoms with van der Waals surface area (Å²) in [4.78, 5) is 0. The third-order valence-electron chi connectivity index (χ3n) is 1.51. The van der Waals surface area contributed by atoms with Crippen molar-refractivity contribution in [3.8, 4) is 0 Å². The van der Waals surface area contributed by atoms with E-state index in [-0.39, 0.29) is 7.48 Å². The molecule has 0 fully saturated rings. The first-order valence-electron chi connectivity index (χ1n) is 2.84. The van der Waals surface area contributed by atoms with Crippen LogP contribution in [0, 0.1) is 6.92 Å². The Morgan fingerprint density at radius 3 is 2.67 bits per heavy atom. The van der Waals surface area contributed by atoms with E-state index in [0.717, 1.165) is 11.2 Å². The molecule has 0 saturated carbocycles.